The van der Waals surface area contributed by atoms with Crippen LogP contribution >= 0.6 is 0 Å². The van der Waals surface area contributed by atoms with Crippen molar-refractivity contribution in [2.24, 2.45) is 5.73 Å². The summed E-state index contributed by atoms with van der Waals surface area (Å²) in [4.78, 5) is 26.1. The summed E-state index contributed by atoms with van der Waals surface area (Å²) in [5.74, 6) is 1.23. The van der Waals surface area contributed by atoms with Crippen molar-refractivity contribution in [2.75, 3.05) is 21.3 Å². The first-order valence-corrected chi connectivity index (χ1v) is 20.1. The highest BCUT2D eigenvalue weighted by Gasteiger charge is 2.50. The number of aliphatic carboxylic acids is 1. The van der Waals surface area contributed by atoms with Gasteiger partial charge in [-0.3, -0.25) is 14.4 Å². The molecule has 0 fully saturated rings. The van der Waals surface area contributed by atoms with Crippen LogP contribution in [0.1, 0.15) is 81.2 Å². The number of carboxylic acids is 1. The molecule has 0 saturated heterocycles. The van der Waals surface area contributed by atoms with E-state index in [2.05, 4.69) is 24.5 Å². The van der Waals surface area contributed by atoms with Crippen LogP contribution in [0, 0.1) is 27.3 Å². The van der Waals surface area contributed by atoms with Gasteiger partial charge >= 0.3 is 11.7 Å². The maximum Gasteiger partial charge on any atom is 0.355 e. The first-order valence-electron chi connectivity index (χ1n) is 16.7. The van der Waals surface area contributed by atoms with Gasteiger partial charge in [0.2, 0.25) is 5.91 Å². The van der Waals surface area contributed by atoms with Crippen LogP contribution in [0.2, 0.25) is 19.6 Å². The molecule has 0 aliphatic heterocycles. The number of fused-ring (bicyclic) bond motifs is 3. The van der Waals surface area contributed by atoms with Crippen molar-refractivity contribution in [3.05, 3.63) is 97.9 Å². The third-order valence-electron chi connectivity index (χ3n) is 9.61. The minimum Gasteiger partial charge on any atom is -0.496 e. The fraction of sp³-hybridized carbons (Fsp3) is 0.462. The number of nitrogens with two attached hydrogens (primary N) is 1. The van der Waals surface area contributed by atoms with E-state index in [0.717, 1.165) is 99.4 Å². The lowest BCUT2D eigenvalue weighted by atomic mass is 9.99. The van der Waals surface area contributed by atoms with Crippen LogP contribution < -0.4 is 19.9 Å². The number of carbonyl (C=O) groups is 2. The van der Waals surface area contributed by atoms with E-state index in [9.17, 15) is 9.59 Å². The van der Waals surface area contributed by atoms with Gasteiger partial charge in [-0.05, 0) is 118 Å². The van der Waals surface area contributed by atoms with E-state index in [0.29, 0.717) is 6.42 Å². The molecule has 0 radical (unpaired) electrons. The van der Waals surface area contributed by atoms with E-state index < -0.39 is 20.0 Å². The molecule has 0 aromatic heterocycles. The molecular formula is C39H50N2O7Si. The number of nitrogens with zero attached hydrogens (tertiary/aromatic N) is 1. The molecule has 10 heteroatoms. The summed E-state index contributed by atoms with van der Waals surface area (Å²) in [6.45, 7) is 20.0. The fourth-order valence-corrected chi connectivity index (χ4v) is 8.79. The Labute approximate surface area is 291 Å². The molecule has 1 amide bonds. The molecule has 3 aliphatic carbocycles. The molecule has 3 aliphatic rings. The molecule has 0 saturated carbocycles. The summed E-state index contributed by atoms with van der Waals surface area (Å²) >= 11 is 0. The topological polar surface area (TPSA) is 122 Å². The third-order valence-corrected chi connectivity index (χ3v) is 10.6. The average molecular weight is 687 g/mol. The number of methoxy groups -OCH3 is 3. The van der Waals surface area contributed by atoms with Gasteiger partial charge in [0.05, 0.1) is 45.1 Å². The van der Waals surface area contributed by atoms with Crippen molar-refractivity contribution in [1.82, 2.24) is 0 Å². The number of benzene rings is 3. The number of hydrogen-bond donors (Lipinski definition) is 2. The Balaban J connectivity index is 0.000000167. The van der Waals surface area contributed by atoms with E-state index >= 15 is 0 Å². The van der Waals surface area contributed by atoms with Crippen LogP contribution in [0.3, 0.4) is 0 Å². The van der Waals surface area contributed by atoms with E-state index in [1.54, 1.807) is 21.3 Å². The van der Waals surface area contributed by atoms with Crippen molar-refractivity contribution in [1.29, 1.82) is 0 Å². The standard InChI is InChI=1S/C15H21NO2Si.C12H15NO2.C12H14O3/c1-11-7-8-13-12(14(11)17-3)9-10-15(13,16-2)18-19(4,5)6;2*1-7-3-4-8-9(11(7)15-2)5-6-10(8)12(13)14/h7-8H,9-10H2,1,3-6H3;3-4,10H,5-6H2,1-2H3,(H2,13,14);3-4,10H,5-6H2,1-2H3,(H,13,14). The van der Waals surface area contributed by atoms with Gasteiger partial charge in [0.25, 0.3) is 0 Å². The van der Waals surface area contributed by atoms with Crippen LogP contribution in [0.4, 0.5) is 0 Å². The molecule has 3 unspecified atom stereocenters. The van der Waals surface area contributed by atoms with Gasteiger partial charge in [0.1, 0.15) is 17.2 Å². The Morgan fingerprint density at radius 2 is 1.22 bits per heavy atom. The summed E-state index contributed by atoms with van der Waals surface area (Å²) < 4.78 is 22.4. The molecule has 0 bridgehead atoms. The molecule has 262 valence electrons. The fourth-order valence-electron chi connectivity index (χ4n) is 7.52. The number of aryl methyl sites for hydroxylation is 3. The lowest BCUT2D eigenvalue weighted by Gasteiger charge is -2.26. The predicted molar refractivity (Wildman–Crippen MR) is 193 cm³/mol. The maximum atomic E-state index is 11.2. The molecule has 3 N–H and O–H groups in total. The van der Waals surface area contributed by atoms with Gasteiger partial charge in [0.15, 0.2) is 8.32 Å². The number of carboxylic acid groups (broad SMARTS) is 1. The lowest BCUT2D eigenvalue weighted by Crippen LogP contribution is -2.37. The first kappa shape index (κ1) is 37.5. The van der Waals surface area contributed by atoms with Crippen LogP contribution in [-0.2, 0) is 39.0 Å². The van der Waals surface area contributed by atoms with Gasteiger partial charge in [0, 0.05) is 5.56 Å². The number of primary amides is 1. The molecular weight excluding hydrogens is 637 g/mol. The normalized spacial score (nSPS) is 19.9. The molecule has 9 nitrogen and oxygen atoms in total. The molecule has 0 heterocycles. The van der Waals surface area contributed by atoms with Crippen LogP contribution in [0.15, 0.2) is 36.4 Å². The van der Waals surface area contributed by atoms with E-state index in [1.165, 1.54) is 0 Å². The Morgan fingerprint density at radius 1 is 0.776 bits per heavy atom. The molecule has 0 spiro atoms. The van der Waals surface area contributed by atoms with Crippen molar-refractivity contribution < 1.29 is 33.3 Å². The van der Waals surface area contributed by atoms with Gasteiger partial charge in [-0.2, -0.15) is 0 Å². The number of hydrogen-bond acceptors (Lipinski definition) is 6. The van der Waals surface area contributed by atoms with Crippen molar-refractivity contribution in [3.63, 3.8) is 0 Å². The summed E-state index contributed by atoms with van der Waals surface area (Å²) in [6, 6.07) is 11.9. The number of rotatable bonds is 7. The Morgan fingerprint density at radius 3 is 1.65 bits per heavy atom. The zero-order valence-corrected chi connectivity index (χ0v) is 31.3. The Hall–Kier alpha value is -4.33. The monoisotopic (exact) mass is 686 g/mol. The highest BCUT2D eigenvalue weighted by molar-refractivity contribution is 6.69. The zero-order valence-electron chi connectivity index (χ0n) is 30.3. The van der Waals surface area contributed by atoms with Gasteiger partial charge in [-0.25, -0.2) is 6.57 Å². The second-order valence-corrected chi connectivity index (χ2v) is 18.4. The average Bonchev–Trinajstić information content (AvgIpc) is 3.77. The highest BCUT2D eigenvalue weighted by atomic mass is 28.4. The summed E-state index contributed by atoms with van der Waals surface area (Å²) in [5, 5.41) is 9.05. The highest BCUT2D eigenvalue weighted by Crippen LogP contribution is 2.47. The Bertz CT molecular complexity index is 1700. The summed E-state index contributed by atoms with van der Waals surface area (Å²) in [5.41, 5.74) is 14.2. The van der Waals surface area contributed by atoms with E-state index in [1.807, 2.05) is 57.2 Å². The van der Waals surface area contributed by atoms with Gasteiger partial charge in [-0.15, -0.1) is 0 Å². The van der Waals surface area contributed by atoms with E-state index in [4.69, 9.17) is 36.0 Å². The van der Waals surface area contributed by atoms with Gasteiger partial charge < -0.3 is 29.5 Å². The summed E-state index contributed by atoms with van der Waals surface area (Å²) in [6.07, 6.45) is 4.77. The SMILES string of the molecule is COc1c(C)ccc2c1CCC2C(=O)O.COc1c(C)ccc2c1CCC2C(N)=O.[C-]#[N+]C1(O[Si](C)(C)C)CCc2c1ccc(C)c2OC. The maximum absolute atomic E-state index is 11.2. The zero-order chi connectivity index (χ0) is 36.3. The third kappa shape index (κ3) is 7.63. The first-order chi connectivity index (χ1) is 23.1. The molecule has 3 atom stereocenters. The number of ether oxygens (including phenoxy) is 3. The molecule has 3 aromatic rings. The smallest absolute Gasteiger partial charge is 0.355 e. The van der Waals surface area contributed by atoms with Crippen LogP contribution in [-0.4, -0.2) is 46.6 Å². The minimum absolute atomic E-state index is 0.130. The van der Waals surface area contributed by atoms with Crippen molar-refractivity contribution >= 4 is 20.2 Å². The van der Waals surface area contributed by atoms with Crippen molar-refractivity contribution in [3.8, 4) is 17.2 Å². The minimum atomic E-state index is -1.78. The Kier molecular flexibility index (Phi) is 11.5. The molecule has 6 rings (SSSR count). The van der Waals surface area contributed by atoms with Crippen LogP contribution in [0.25, 0.3) is 4.85 Å². The second kappa shape index (κ2) is 15.1. The molecule has 49 heavy (non-hydrogen) atoms. The van der Waals surface area contributed by atoms with E-state index in [-0.39, 0.29) is 17.7 Å². The predicted octanol–water partition coefficient (Wildman–Crippen LogP) is 7.51. The second-order valence-electron chi connectivity index (χ2n) is 13.9. The largest absolute Gasteiger partial charge is 0.496 e. The van der Waals surface area contributed by atoms with Gasteiger partial charge in [-0.1, -0.05) is 30.3 Å². The summed E-state index contributed by atoms with van der Waals surface area (Å²) in [7, 11) is 3.22. The van der Waals surface area contributed by atoms with Crippen molar-refractivity contribution in [2.45, 2.75) is 96.5 Å². The van der Waals surface area contributed by atoms with Crippen LogP contribution in [0.5, 0.6) is 17.2 Å². The quantitative estimate of drug-likeness (QED) is 0.195. The number of amides is 1. The molecule has 3 aromatic carbocycles. The lowest BCUT2D eigenvalue weighted by molar-refractivity contribution is -0.138. The number of carbonyl (C=O) groups excluding carboxylic acids is 1.